The van der Waals surface area contributed by atoms with Crippen molar-refractivity contribution in [3.05, 3.63) is 38.7 Å². The van der Waals surface area contributed by atoms with Crippen LogP contribution in [0.15, 0.2) is 29.3 Å². The monoisotopic (exact) mass is 516 g/mol. The van der Waals surface area contributed by atoms with Crippen molar-refractivity contribution < 1.29 is 24.2 Å². The SMILES string of the molecule is COc1ccc([C@@H]2c3sc(=S)n(C)c3S[C@H]3[C@@H]4C[C@H]([C@H]5C(=O)N(CCC(=O)O)C(=O)[C@H]45)[C@H]23)cc1. The number of carbonyl (C=O) groups is 3. The van der Waals surface area contributed by atoms with Crippen molar-refractivity contribution >= 4 is 53.1 Å². The standard InChI is InChI=1S/C24H24N2O5S3/c1-25-23-20(34-24(25)32)15(10-3-5-11(31-2)6-4-10)16-12-9-13(19(16)33-23)18-17(12)21(29)26(22(18)30)8-7-14(27)28/h3-6,12-13,15-19H,7-9H2,1-2H3,(H,27,28)/t12-,13+,15-,16+,17+,18+,19-/m0/s1. The fourth-order valence-electron chi connectivity index (χ4n) is 6.85. The Bertz CT molecular complexity index is 1270. The van der Waals surface area contributed by atoms with Gasteiger partial charge in [-0.2, -0.15) is 0 Å². The van der Waals surface area contributed by atoms with E-state index in [1.54, 1.807) is 18.4 Å². The molecule has 2 bridgehead atoms. The zero-order valence-electron chi connectivity index (χ0n) is 18.7. The molecular formula is C24H24N2O5S3. The van der Waals surface area contributed by atoms with Gasteiger partial charge in [-0.25, -0.2) is 0 Å². The third-order valence-electron chi connectivity index (χ3n) is 8.18. The zero-order valence-corrected chi connectivity index (χ0v) is 21.1. The molecular weight excluding hydrogens is 492 g/mol. The van der Waals surface area contributed by atoms with Crippen molar-refractivity contribution in [1.82, 2.24) is 9.47 Å². The number of benzene rings is 1. The molecule has 1 saturated heterocycles. The summed E-state index contributed by atoms with van der Waals surface area (Å²) in [4.78, 5) is 40.2. The van der Waals surface area contributed by atoms with Crippen molar-refractivity contribution in [2.24, 2.45) is 36.6 Å². The Morgan fingerprint density at radius 1 is 1.18 bits per heavy atom. The molecule has 1 N–H and O–H groups in total. The number of rotatable bonds is 5. The van der Waals surface area contributed by atoms with Crippen LogP contribution in [-0.4, -0.2) is 51.3 Å². The molecule has 4 aliphatic rings. The maximum Gasteiger partial charge on any atom is 0.305 e. The van der Waals surface area contributed by atoms with Crippen LogP contribution in [0.2, 0.25) is 0 Å². The molecule has 2 aromatic rings. The van der Waals surface area contributed by atoms with E-state index < -0.39 is 5.97 Å². The molecule has 2 amide bonds. The van der Waals surface area contributed by atoms with E-state index in [9.17, 15) is 14.4 Å². The van der Waals surface area contributed by atoms with Crippen molar-refractivity contribution in [2.75, 3.05) is 13.7 Å². The molecule has 0 unspecified atom stereocenters. The van der Waals surface area contributed by atoms with Gasteiger partial charge in [-0.05, 0) is 54.1 Å². The highest BCUT2D eigenvalue weighted by atomic mass is 32.2. The summed E-state index contributed by atoms with van der Waals surface area (Å²) >= 11 is 9.10. The third kappa shape index (κ3) is 3.01. The van der Waals surface area contributed by atoms with E-state index >= 15 is 0 Å². The average molecular weight is 517 g/mol. The maximum atomic E-state index is 13.4. The van der Waals surface area contributed by atoms with E-state index in [2.05, 4.69) is 16.7 Å². The van der Waals surface area contributed by atoms with Crippen LogP contribution in [0, 0.1) is 33.5 Å². The molecule has 0 spiro atoms. The highest BCUT2D eigenvalue weighted by molar-refractivity contribution is 8.00. The quantitative estimate of drug-likeness (QED) is 0.478. The minimum Gasteiger partial charge on any atom is -0.497 e. The van der Waals surface area contributed by atoms with E-state index in [0.717, 1.165) is 16.1 Å². The Kier molecular flexibility index (Phi) is 5.20. The number of aromatic nitrogens is 1. The average Bonchev–Trinajstić information content (AvgIpc) is 3.53. The Morgan fingerprint density at radius 2 is 1.85 bits per heavy atom. The van der Waals surface area contributed by atoms with Crippen LogP contribution >= 0.6 is 35.3 Å². The van der Waals surface area contributed by atoms with Gasteiger partial charge in [0.2, 0.25) is 11.8 Å². The van der Waals surface area contributed by atoms with E-state index in [-0.39, 0.29) is 65.5 Å². The van der Waals surface area contributed by atoms with Gasteiger partial charge in [-0.1, -0.05) is 12.1 Å². The fourth-order valence-corrected chi connectivity index (χ4v) is 10.4. The fraction of sp³-hybridized carbons (Fsp3) is 0.500. The van der Waals surface area contributed by atoms with Gasteiger partial charge in [0.15, 0.2) is 3.95 Å². The minimum absolute atomic E-state index is 0.0363. The molecule has 1 aromatic carbocycles. The topological polar surface area (TPSA) is 88.8 Å². The summed E-state index contributed by atoms with van der Waals surface area (Å²) in [6.45, 7) is -0.0363. The number of amides is 2. The number of carboxylic acid groups (broad SMARTS) is 1. The highest BCUT2D eigenvalue weighted by Crippen LogP contribution is 2.69. The number of nitrogens with zero attached hydrogens (tertiary/aromatic N) is 2. The number of likely N-dealkylation sites (tertiary alicyclic amines) is 1. The second-order valence-corrected chi connectivity index (χ2v) is 12.4. The van der Waals surface area contributed by atoms with Gasteiger partial charge >= 0.3 is 5.97 Å². The molecule has 1 aromatic heterocycles. The summed E-state index contributed by atoms with van der Waals surface area (Å²) in [6, 6.07) is 8.16. The highest BCUT2D eigenvalue weighted by Gasteiger charge is 2.69. The molecule has 6 rings (SSSR count). The van der Waals surface area contributed by atoms with Gasteiger partial charge in [0, 0.05) is 29.6 Å². The molecule has 178 valence electrons. The van der Waals surface area contributed by atoms with Gasteiger partial charge in [0.25, 0.3) is 0 Å². The predicted molar refractivity (Wildman–Crippen MR) is 130 cm³/mol. The first-order valence-electron chi connectivity index (χ1n) is 11.4. The van der Waals surface area contributed by atoms with E-state index in [1.165, 1.54) is 20.4 Å². The van der Waals surface area contributed by atoms with Crippen LogP contribution in [0.5, 0.6) is 5.75 Å². The molecule has 34 heavy (non-hydrogen) atoms. The number of carbonyl (C=O) groups excluding carboxylic acids is 2. The lowest BCUT2D eigenvalue weighted by Crippen LogP contribution is -2.43. The predicted octanol–water partition coefficient (Wildman–Crippen LogP) is 3.77. The molecule has 7 nitrogen and oxygen atoms in total. The lowest BCUT2D eigenvalue weighted by Gasteiger charge is -2.43. The number of fused-ring (bicyclic) bond motifs is 9. The number of carboxylic acids is 1. The number of thiazole rings is 1. The first-order valence-corrected chi connectivity index (χ1v) is 13.5. The minimum atomic E-state index is -0.999. The van der Waals surface area contributed by atoms with Crippen LogP contribution < -0.4 is 4.74 Å². The number of imide groups is 1. The lowest BCUT2D eigenvalue weighted by molar-refractivity contribution is -0.142. The maximum absolute atomic E-state index is 13.4. The molecule has 10 heteroatoms. The van der Waals surface area contributed by atoms with Crippen LogP contribution in [0.4, 0.5) is 0 Å². The van der Waals surface area contributed by atoms with Crippen LogP contribution in [0.25, 0.3) is 0 Å². The Balaban J connectivity index is 1.42. The van der Waals surface area contributed by atoms with E-state index in [1.807, 2.05) is 30.9 Å². The van der Waals surface area contributed by atoms with Crippen LogP contribution in [0.3, 0.4) is 0 Å². The van der Waals surface area contributed by atoms with Gasteiger partial charge in [0.1, 0.15) is 5.75 Å². The van der Waals surface area contributed by atoms with Gasteiger partial charge < -0.3 is 14.4 Å². The molecule has 3 fully saturated rings. The number of methoxy groups -OCH3 is 1. The number of ether oxygens (including phenoxy) is 1. The molecule has 2 aliphatic heterocycles. The molecule has 7 atom stereocenters. The number of hydrogen-bond donors (Lipinski definition) is 1. The number of aliphatic carboxylic acids is 1. The second kappa shape index (κ2) is 7.93. The molecule has 2 saturated carbocycles. The molecule has 3 heterocycles. The Morgan fingerprint density at radius 3 is 2.50 bits per heavy atom. The van der Waals surface area contributed by atoms with Crippen molar-refractivity contribution in [3.63, 3.8) is 0 Å². The van der Waals surface area contributed by atoms with Gasteiger partial charge in [-0.15, -0.1) is 23.1 Å². The van der Waals surface area contributed by atoms with Crippen molar-refractivity contribution in [1.29, 1.82) is 0 Å². The van der Waals surface area contributed by atoms with Gasteiger partial charge in [-0.3, -0.25) is 19.3 Å². The Labute approximate surface area is 210 Å². The molecule has 2 aliphatic carbocycles. The first kappa shape index (κ1) is 22.3. The smallest absolute Gasteiger partial charge is 0.305 e. The first-order chi connectivity index (χ1) is 16.3. The summed E-state index contributed by atoms with van der Waals surface area (Å²) in [6.07, 6.45) is 0.658. The number of thioether (sulfide) groups is 1. The zero-order chi connectivity index (χ0) is 23.9. The third-order valence-corrected chi connectivity index (χ3v) is 11.6. The lowest BCUT2D eigenvalue weighted by atomic mass is 9.68. The summed E-state index contributed by atoms with van der Waals surface area (Å²) in [5.41, 5.74) is 1.18. The van der Waals surface area contributed by atoms with Crippen LogP contribution in [-0.2, 0) is 21.4 Å². The number of hydrogen-bond acceptors (Lipinski definition) is 7. The summed E-state index contributed by atoms with van der Waals surface area (Å²) in [5.74, 6) is -0.685. The largest absolute Gasteiger partial charge is 0.497 e. The summed E-state index contributed by atoms with van der Waals surface area (Å²) < 4.78 is 8.28. The summed E-state index contributed by atoms with van der Waals surface area (Å²) in [5, 5.41) is 10.5. The second-order valence-electron chi connectivity index (χ2n) is 9.59. The Hall–Kier alpha value is -2.17. The summed E-state index contributed by atoms with van der Waals surface area (Å²) in [7, 11) is 3.65. The molecule has 0 radical (unpaired) electrons. The van der Waals surface area contributed by atoms with E-state index in [0.29, 0.717) is 0 Å². The van der Waals surface area contributed by atoms with Gasteiger partial charge in [0.05, 0.1) is 30.4 Å². The van der Waals surface area contributed by atoms with E-state index in [4.69, 9.17) is 22.1 Å². The normalized spacial score (nSPS) is 33.1. The van der Waals surface area contributed by atoms with Crippen LogP contribution in [0.1, 0.15) is 29.2 Å². The van der Waals surface area contributed by atoms with Crippen molar-refractivity contribution in [2.45, 2.75) is 29.0 Å². The van der Waals surface area contributed by atoms with Crippen molar-refractivity contribution in [3.8, 4) is 5.75 Å².